The van der Waals surface area contributed by atoms with Gasteiger partial charge < -0.3 is 5.73 Å². The summed E-state index contributed by atoms with van der Waals surface area (Å²) in [6.07, 6.45) is 9.14. The lowest BCUT2D eigenvalue weighted by Gasteiger charge is -2.30. The van der Waals surface area contributed by atoms with Crippen LogP contribution in [0.5, 0.6) is 0 Å². The summed E-state index contributed by atoms with van der Waals surface area (Å²) in [5.41, 5.74) is 6.21. The third kappa shape index (κ3) is 5.64. The van der Waals surface area contributed by atoms with Crippen molar-refractivity contribution in [2.75, 3.05) is 0 Å². The molecule has 0 fully saturated rings. The van der Waals surface area contributed by atoms with Gasteiger partial charge in [-0.3, -0.25) is 0 Å². The Bertz CT molecular complexity index is 182. The first kappa shape index (κ1) is 12.4. The second-order valence-electron chi connectivity index (χ2n) is 4.85. The molecule has 76 valence electrons. The lowest BCUT2D eigenvalue weighted by molar-refractivity contribution is 0.325. The molecule has 0 radical (unpaired) electrons. The van der Waals surface area contributed by atoms with Gasteiger partial charge in [0.2, 0.25) is 0 Å². The quantitative estimate of drug-likeness (QED) is 0.664. The van der Waals surface area contributed by atoms with E-state index in [2.05, 4.69) is 32.9 Å². The monoisotopic (exact) mass is 181 g/mol. The molecule has 0 rings (SSSR count). The number of nitrogens with two attached hydrogens (primary N) is 1. The van der Waals surface area contributed by atoms with Gasteiger partial charge in [0.1, 0.15) is 0 Å². The molecule has 0 heterocycles. The van der Waals surface area contributed by atoms with Crippen LogP contribution in [-0.4, -0.2) is 5.54 Å². The van der Waals surface area contributed by atoms with E-state index in [1.54, 1.807) is 0 Å². The third-order valence-corrected chi connectivity index (χ3v) is 1.79. The van der Waals surface area contributed by atoms with E-state index in [-0.39, 0.29) is 11.0 Å². The molecular formula is C12H23N. The molecule has 0 aromatic heterocycles. The Morgan fingerprint density at radius 3 is 1.62 bits per heavy atom. The molecule has 13 heavy (non-hydrogen) atoms. The topological polar surface area (TPSA) is 26.0 Å². The van der Waals surface area contributed by atoms with E-state index < -0.39 is 0 Å². The fourth-order valence-electron chi connectivity index (χ4n) is 1.71. The molecule has 0 aliphatic heterocycles. The largest absolute Gasteiger partial charge is 0.319 e. The Morgan fingerprint density at radius 1 is 1.00 bits per heavy atom. The molecule has 2 N–H and O–H groups in total. The molecule has 0 atom stereocenters. The van der Waals surface area contributed by atoms with Crippen molar-refractivity contribution in [3.8, 4) is 0 Å². The second-order valence-corrected chi connectivity index (χ2v) is 4.85. The molecule has 0 spiro atoms. The first-order valence-electron chi connectivity index (χ1n) is 4.89. The van der Waals surface area contributed by atoms with E-state index >= 15 is 0 Å². The number of rotatable bonds is 3. The zero-order valence-electron chi connectivity index (χ0n) is 9.59. The van der Waals surface area contributed by atoms with Gasteiger partial charge in [-0.2, -0.15) is 0 Å². The summed E-state index contributed by atoms with van der Waals surface area (Å²) in [5.74, 6) is 0. The molecule has 0 aromatic rings. The summed E-state index contributed by atoms with van der Waals surface area (Å²) in [5, 5.41) is 0. The Morgan fingerprint density at radius 2 is 1.38 bits per heavy atom. The van der Waals surface area contributed by atoms with Crippen LogP contribution in [0.15, 0.2) is 24.3 Å². The van der Waals surface area contributed by atoms with Crippen molar-refractivity contribution in [3.05, 3.63) is 24.3 Å². The fraction of sp³-hybridized carbons (Fsp3) is 0.667. The minimum absolute atomic E-state index is 0.258. The predicted molar refractivity (Wildman–Crippen MR) is 60.6 cm³/mol. The molecule has 0 saturated heterocycles. The Labute approximate surface area is 82.7 Å². The van der Waals surface area contributed by atoms with Gasteiger partial charge in [0.25, 0.3) is 0 Å². The summed E-state index contributed by atoms with van der Waals surface area (Å²) >= 11 is 0. The van der Waals surface area contributed by atoms with E-state index in [0.29, 0.717) is 0 Å². The Balaban J connectivity index is 4.61. The highest BCUT2D eigenvalue weighted by atomic mass is 14.7. The van der Waals surface area contributed by atoms with Crippen LogP contribution in [0.4, 0.5) is 0 Å². The maximum atomic E-state index is 6.23. The number of hydrogen-bond acceptors (Lipinski definition) is 1. The van der Waals surface area contributed by atoms with Crippen LogP contribution in [0.25, 0.3) is 0 Å². The van der Waals surface area contributed by atoms with Gasteiger partial charge in [-0.25, -0.2) is 0 Å². The van der Waals surface area contributed by atoms with Gasteiger partial charge in [-0.15, -0.1) is 0 Å². The maximum absolute atomic E-state index is 6.23. The standard InChI is InChI=1S/C12H23N/c1-6-8-12(13,9-7-2)10-11(3,4)5/h6-9H,10,13H2,1-5H3. The Hall–Kier alpha value is -0.560. The lowest BCUT2D eigenvalue weighted by atomic mass is 9.80. The van der Waals surface area contributed by atoms with Crippen LogP contribution in [0.3, 0.4) is 0 Å². The van der Waals surface area contributed by atoms with Crippen molar-refractivity contribution in [2.45, 2.75) is 46.6 Å². The van der Waals surface area contributed by atoms with Crippen LogP contribution in [0, 0.1) is 5.41 Å². The third-order valence-electron chi connectivity index (χ3n) is 1.79. The van der Waals surface area contributed by atoms with Crippen LogP contribution in [-0.2, 0) is 0 Å². The highest BCUT2D eigenvalue weighted by molar-refractivity contribution is 5.17. The summed E-state index contributed by atoms with van der Waals surface area (Å²) in [6.45, 7) is 10.6. The van der Waals surface area contributed by atoms with E-state index in [1.807, 2.05) is 26.0 Å². The molecule has 1 nitrogen and oxygen atoms in total. The first-order chi connectivity index (χ1) is 5.83. The summed E-state index contributed by atoms with van der Waals surface area (Å²) in [6, 6.07) is 0. The maximum Gasteiger partial charge on any atom is 0.0529 e. The van der Waals surface area contributed by atoms with Gasteiger partial charge in [0.05, 0.1) is 5.54 Å². The van der Waals surface area contributed by atoms with Crippen molar-refractivity contribution in [1.29, 1.82) is 0 Å². The van der Waals surface area contributed by atoms with Crippen molar-refractivity contribution in [3.63, 3.8) is 0 Å². The lowest BCUT2D eigenvalue weighted by Crippen LogP contribution is -2.39. The van der Waals surface area contributed by atoms with Crippen LogP contribution in [0.1, 0.15) is 41.0 Å². The molecule has 0 aliphatic rings. The summed E-state index contributed by atoms with van der Waals surface area (Å²) in [7, 11) is 0. The van der Waals surface area contributed by atoms with E-state index in [4.69, 9.17) is 5.73 Å². The average Bonchev–Trinajstić information content (AvgIpc) is 1.82. The SMILES string of the molecule is CC=CC(N)(C=CC)CC(C)(C)C. The molecule has 1 heteroatoms. The number of hydrogen-bond donors (Lipinski definition) is 1. The zero-order valence-corrected chi connectivity index (χ0v) is 9.59. The normalized spacial score (nSPS) is 18.3. The van der Waals surface area contributed by atoms with Crippen molar-refractivity contribution in [2.24, 2.45) is 11.1 Å². The summed E-state index contributed by atoms with van der Waals surface area (Å²) in [4.78, 5) is 0. The average molecular weight is 181 g/mol. The van der Waals surface area contributed by atoms with Gasteiger partial charge in [-0.05, 0) is 25.7 Å². The van der Waals surface area contributed by atoms with E-state index in [9.17, 15) is 0 Å². The molecule has 0 amide bonds. The first-order valence-corrected chi connectivity index (χ1v) is 4.89. The van der Waals surface area contributed by atoms with Gasteiger partial charge in [0.15, 0.2) is 0 Å². The highest BCUT2D eigenvalue weighted by Crippen LogP contribution is 2.27. The van der Waals surface area contributed by atoms with Gasteiger partial charge in [0, 0.05) is 0 Å². The molecule has 0 bridgehead atoms. The molecule has 0 saturated carbocycles. The van der Waals surface area contributed by atoms with Gasteiger partial charge in [-0.1, -0.05) is 45.1 Å². The molecule has 0 aromatic carbocycles. The van der Waals surface area contributed by atoms with Crippen LogP contribution < -0.4 is 5.73 Å². The fourth-order valence-corrected chi connectivity index (χ4v) is 1.71. The van der Waals surface area contributed by atoms with Gasteiger partial charge >= 0.3 is 0 Å². The smallest absolute Gasteiger partial charge is 0.0529 e. The van der Waals surface area contributed by atoms with Crippen LogP contribution >= 0.6 is 0 Å². The molecule has 0 aliphatic carbocycles. The Kier molecular flexibility index (Phi) is 4.41. The number of allylic oxidation sites excluding steroid dienone is 2. The predicted octanol–water partition coefficient (Wildman–Crippen LogP) is 3.27. The highest BCUT2D eigenvalue weighted by Gasteiger charge is 2.24. The van der Waals surface area contributed by atoms with E-state index in [1.165, 1.54) is 0 Å². The molecular weight excluding hydrogens is 158 g/mol. The van der Waals surface area contributed by atoms with Crippen molar-refractivity contribution in [1.82, 2.24) is 0 Å². The van der Waals surface area contributed by atoms with Crippen molar-refractivity contribution < 1.29 is 0 Å². The molecule has 0 unspecified atom stereocenters. The summed E-state index contributed by atoms with van der Waals surface area (Å²) < 4.78 is 0. The van der Waals surface area contributed by atoms with Crippen molar-refractivity contribution >= 4 is 0 Å². The zero-order chi connectivity index (χ0) is 10.5. The van der Waals surface area contributed by atoms with Crippen LogP contribution in [0.2, 0.25) is 0 Å². The second kappa shape index (κ2) is 4.61. The van der Waals surface area contributed by atoms with E-state index in [0.717, 1.165) is 6.42 Å². The minimum Gasteiger partial charge on any atom is -0.319 e. The minimum atomic E-state index is -0.276.